The van der Waals surface area contributed by atoms with Crippen LogP contribution in [0.15, 0.2) is 62.8 Å². The Balaban J connectivity index is 1.81. The second-order valence-corrected chi connectivity index (χ2v) is 6.10. The minimum absolute atomic E-state index is 0.0918. The molecule has 28 heavy (non-hydrogen) atoms. The van der Waals surface area contributed by atoms with Gasteiger partial charge in [-0.1, -0.05) is 12.1 Å². The number of amides is 1. The van der Waals surface area contributed by atoms with E-state index in [4.69, 9.17) is 4.42 Å². The number of aromatic hydroxyl groups is 1. The van der Waals surface area contributed by atoms with E-state index >= 15 is 0 Å². The molecule has 144 valence electrons. The van der Waals surface area contributed by atoms with E-state index in [9.17, 15) is 14.7 Å². The summed E-state index contributed by atoms with van der Waals surface area (Å²) in [6.07, 6.45) is 1.22. The smallest absolute Gasteiger partial charge is 0.345 e. The molecule has 1 heterocycles. The van der Waals surface area contributed by atoms with Gasteiger partial charge in [-0.15, -0.1) is 0 Å². The zero-order valence-corrected chi connectivity index (χ0v) is 15.7. The number of para-hydroxylation sites is 1. The number of nitrogens with one attached hydrogen (secondary N) is 1. The van der Waals surface area contributed by atoms with E-state index in [-0.39, 0.29) is 16.9 Å². The molecule has 0 aliphatic rings. The van der Waals surface area contributed by atoms with Crippen LogP contribution in [-0.2, 0) is 0 Å². The number of phenols is 1. The molecule has 0 saturated carbocycles. The van der Waals surface area contributed by atoms with Crippen LogP contribution in [0.2, 0.25) is 0 Å². The van der Waals surface area contributed by atoms with Gasteiger partial charge in [0.05, 0.1) is 17.3 Å². The van der Waals surface area contributed by atoms with E-state index in [1.165, 1.54) is 18.3 Å². The van der Waals surface area contributed by atoms with Gasteiger partial charge in [0.1, 0.15) is 11.3 Å². The fraction of sp³-hybridized carbons (Fsp3) is 0.190. The van der Waals surface area contributed by atoms with Crippen LogP contribution >= 0.6 is 0 Å². The number of hydrogen-bond donors (Lipinski definition) is 2. The van der Waals surface area contributed by atoms with Crippen LogP contribution in [0.4, 0.5) is 5.69 Å². The third-order valence-corrected chi connectivity index (χ3v) is 4.39. The van der Waals surface area contributed by atoms with Crippen molar-refractivity contribution >= 4 is 28.8 Å². The van der Waals surface area contributed by atoms with E-state index in [0.717, 1.165) is 24.2 Å². The maximum atomic E-state index is 12.2. The molecule has 7 heteroatoms. The lowest BCUT2D eigenvalue weighted by molar-refractivity contribution is 0.0952. The summed E-state index contributed by atoms with van der Waals surface area (Å²) in [5, 5.41) is 14.2. The maximum Gasteiger partial charge on any atom is 0.345 e. The summed E-state index contributed by atoms with van der Waals surface area (Å²) in [6.45, 7) is 5.83. The zero-order chi connectivity index (χ0) is 20.1. The maximum absolute atomic E-state index is 12.2. The van der Waals surface area contributed by atoms with Gasteiger partial charge in [-0.25, -0.2) is 10.2 Å². The highest BCUT2D eigenvalue weighted by Crippen LogP contribution is 2.21. The minimum Gasteiger partial charge on any atom is -0.507 e. The van der Waals surface area contributed by atoms with Gasteiger partial charge >= 0.3 is 5.63 Å². The van der Waals surface area contributed by atoms with Gasteiger partial charge < -0.3 is 14.4 Å². The number of fused-ring (bicyclic) bond motifs is 1. The van der Waals surface area contributed by atoms with Gasteiger partial charge in [0.25, 0.3) is 5.91 Å². The van der Waals surface area contributed by atoms with Gasteiger partial charge in [-0.05, 0) is 44.2 Å². The molecule has 0 aliphatic carbocycles. The van der Waals surface area contributed by atoms with Crippen LogP contribution in [0.25, 0.3) is 11.0 Å². The van der Waals surface area contributed by atoms with E-state index in [1.807, 2.05) is 18.2 Å². The second kappa shape index (κ2) is 8.39. The summed E-state index contributed by atoms with van der Waals surface area (Å²) in [4.78, 5) is 26.4. The zero-order valence-electron chi connectivity index (χ0n) is 15.7. The Labute approximate surface area is 161 Å². The number of hydrogen-bond acceptors (Lipinski definition) is 6. The third kappa shape index (κ3) is 4.03. The number of anilines is 1. The van der Waals surface area contributed by atoms with Crippen molar-refractivity contribution in [1.82, 2.24) is 5.43 Å². The molecule has 0 saturated heterocycles. The first-order valence-electron chi connectivity index (χ1n) is 8.97. The molecule has 0 radical (unpaired) electrons. The van der Waals surface area contributed by atoms with Crippen molar-refractivity contribution in [3.8, 4) is 5.75 Å². The number of benzene rings is 2. The summed E-state index contributed by atoms with van der Waals surface area (Å²) in [7, 11) is 0. The van der Waals surface area contributed by atoms with Crippen molar-refractivity contribution in [1.29, 1.82) is 0 Å². The molecule has 0 spiro atoms. The van der Waals surface area contributed by atoms with Crippen molar-refractivity contribution in [2.24, 2.45) is 5.10 Å². The average Bonchev–Trinajstić information content (AvgIpc) is 2.69. The molecule has 7 nitrogen and oxygen atoms in total. The molecule has 0 aliphatic heterocycles. The molecular weight excluding hydrogens is 358 g/mol. The Morgan fingerprint density at radius 1 is 1.18 bits per heavy atom. The standard InChI is InChI=1S/C21H21N3O4/c1-3-24(4-2)16-10-9-14-11-15(21(27)28-19(14)12-16)13-22-23-20(26)17-7-5-6-8-18(17)25/h5-13,25H,3-4H2,1-2H3,(H,23,26)/b22-13+. The Hall–Kier alpha value is -3.61. The van der Waals surface area contributed by atoms with Gasteiger partial charge in [0.2, 0.25) is 0 Å². The van der Waals surface area contributed by atoms with Gasteiger partial charge in [0, 0.05) is 30.2 Å². The first-order valence-corrected chi connectivity index (χ1v) is 8.97. The van der Waals surface area contributed by atoms with Crippen molar-refractivity contribution in [3.05, 3.63) is 70.1 Å². The molecule has 2 aromatic carbocycles. The topological polar surface area (TPSA) is 95.1 Å². The average molecular weight is 379 g/mol. The number of rotatable bonds is 6. The summed E-state index contributed by atoms with van der Waals surface area (Å²) < 4.78 is 5.41. The Kier molecular flexibility index (Phi) is 5.74. The molecule has 1 amide bonds. The fourth-order valence-electron chi connectivity index (χ4n) is 2.88. The van der Waals surface area contributed by atoms with Crippen molar-refractivity contribution in [2.45, 2.75) is 13.8 Å². The van der Waals surface area contributed by atoms with Gasteiger partial charge in [-0.2, -0.15) is 5.10 Å². The predicted octanol–water partition coefficient (Wildman–Crippen LogP) is 3.11. The highest BCUT2D eigenvalue weighted by Gasteiger charge is 2.10. The number of phenolic OH excluding ortho intramolecular Hbond substituents is 1. The lowest BCUT2D eigenvalue weighted by Gasteiger charge is -2.20. The largest absolute Gasteiger partial charge is 0.507 e. The monoisotopic (exact) mass is 379 g/mol. The Bertz CT molecular complexity index is 1080. The van der Waals surface area contributed by atoms with Crippen LogP contribution < -0.4 is 16.0 Å². The van der Waals surface area contributed by atoms with Crippen LogP contribution in [-0.4, -0.2) is 30.3 Å². The number of hydrazone groups is 1. The quantitative estimate of drug-likeness (QED) is 0.390. The fourth-order valence-corrected chi connectivity index (χ4v) is 2.88. The SMILES string of the molecule is CCN(CC)c1ccc2cc(/C=N/NC(=O)c3ccccc3O)c(=O)oc2c1. The van der Waals surface area contributed by atoms with Crippen LogP contribution in [0.3, 0.4) is 0 Å². The van der Waals surface area contributed by atoms with E-state index < -0.39 is 11.5 Å². The van der Waals surface area contributed by atoms with Gasteiger partial charge in [-0.3, -0.25) is 4.79 Å². The lowest BCUT2D eigenvalue weighted by atomic mass is 10.1. The normalized spacial score (nSPS) is 11.1. The second-order valence-electron chi connectivity index (χ2n) is 6.10. The molecule has 0 fully saturated rings. The summed E-state index contributed by atoms with van der Waals surface area (Å²) in [5.41, 5.74) is 3.51. The van der Waals surface area contributed by atoms with Crippen LogP contribution in [0.1, 0.15) is 29.8 Å². The van der Waals surface area contributed by atoms with Crippen molar-refractivity contribution in [3.63, 3.8) is 0 Å². The highest BCUT2D eigenvalue weighted by atomic mass is 16.4. The van der Waals surface area contributed by atoms with E-state index in [2.05, 4.69) is 29.3 Å². The predicted molar refractivity (Wildman–Crippen MR) is 109 cm³/mol. The van der Waals surface area contributed by atoms with E-state index in [0.29, 0.717) is 5.58 Å². The first kappa shape index (κ1) is 19.2. The number of carbonyl (C=O) groups excluding carboxylic acids is 1. The minimum atomic E-state index is -0.580. The summed E-state index contributed by atoms with van der Waals surface area (Å²) >= 11 is 0. The van der Waals surface area contributed by atoms with Crippen LogP contribution in [0.5, 0.6) is 5.75 Å². The molecular formula is C21H21N3O4. The van der Waals surface area contributed by atoms with Crippen molar-refractivity contribution in [2.75, 3.05) is 18.0 Å². The number of nitrogens with zero attached hydrogens (tertiary/aromatic N) is 2. The molecule has 3 rings (SSSR count). The van der Waals surface area contributed by atoms with Crippen LogP contribution in [0, 0.1) is 0 Å². The Morgan fingerprint density at radius 2 is 1.93 bits per heavy atom. The molecule has 0 bridgehead atoms. The number of carbonyl (C=O) groups is 1. The molecule has 0 atom stereocenters. The molecule has 1 aromatic heterocycles. The van der Waals surface area contributed by atoms with E-state index in [1.54, 1.807) is 18.2 Å². The lowest BCUT2D eigenvalue weighted by Crippen LogP contribution is -2.21. The molecule has 0 unspecified atom stereocenters. The third-order valence-electron chi connectivity index (χ3n) is 4.39. The Morgan fingerprint density at radius 3 is 2.64 bits per heavy atom. The van der Waals surface area contributed by atoms with Crippen molar-refractivity contribution < 1.29 is 14.3 Å². The molecule has 2 N–H and O–H groups in total. The first-order chi connectivity index (χ1) is 13.5. The van der Waals surface area contributed by atoms with Gasteiger partial charge in [0.15, 0.2) is 0 Å². The highest BCUT2D eigenvalue weighted by molar-refractivity contribution is 5.97. The summed E-state index contributed by atoms with van der Waals surface area (Å²) in [6, 6.07) is 13.5. The summed E-state index contributed by atoms with van der Waals surface area (Å²) in [5.74, 6) is -0.729. The molecule has 3 aromatic rings.